The van der Waals surface area contributed by atoms with Crippen LogP contribution in [0.4, 0.5) is 0 Å². The van der Waals surface area contributed by atoms with Crippen LogP contribution in [0.1, 0.15) is 37.0 Å². The monoisotopic (exact) mass is 316 g/mol. The largest absolute Gasteiger partial charge is 0.458 e. The molecule has 1 aliphatic carbocycles. The maximum absolute atomic E-state index is 11.0. The molecule has 15 heavy (non-hydrogen) atoms. The third-order valence-corrected chi connectivity index (χ3v) is 3.34. The van der Waals surface area contributed by atoms with E-state index in [0.29, 0.717) is 0 Å². The van der Waals surface area contributed by atoms with Crippen molar-refractivity contribution in [3.63, 3.8) is 0 Å². The second kappa shape index (κ2) is 4.51. The minimum Gasteiger partial charge on any atom is -0.458 e. The van der Waals surface area contributed by atoms with Gasteiger partial charge in [0.05, 0.1) is 0 Å². The Kier molecular flexibility index (Phi) is 3.29. The van der Waals surface area contributed by atoms with E-state index in [9.17, 15) is 4.79 Å². The Bertz CT molecular complexity index is 387. The number of fused-ring (bicyclic) bond motifs is 1. The van der Waals surface area contributed by atoms with Crippen molar-refractivity contribution in [2.75, 3.05) is 0 Å². The number of halogens is 1. The quantitative estimate of drug-likeness (QED) is 0.587. The molecule has 3 heteroatoms. The van der Waals surface area contributed by atoms with E-state index in [1.807, 2.05) is 0 Å². The molecule has 1 atom stereocenters. The summed E-state index contributed by atoms with van der Waals surface area (Å²) < 4.78 is 6.56. The van der Waals surface area contributed by atoms with Crippen LogP contribution < -0.4 is 0 Å². The molecule has 0 saturated heterocycles. The van der Waals surface area contributed by atoms with Gasteiger partial charge in [0.25, 0.3) is 0 Å². The zero-order valence-electron chi connectivity index (χ0n) is 8.63. The van der Waals surface area contributed by atoms with Crippen molar-refractivity contribution in [3.8, 4) is 0 Å². The summed E-state index contributed by atoms with van der Waals surface area (Å²) in [4.78, 5) is 11.0. The second-order valence-corrected chi connectivity index (χ2v) is 5.08. The first-order chi connectivity index (χ1) is 7.16. The van der Waals surface area contributed by atoms with Gasteiger partial charge in [-0.05, 0) is 65.1 Å². The fraction of sp³-hybridized carbons (Fsp3) is 0.417. The van der Waals surface area contributed by atoms with Crippen LogP contribution in [0.25, 0.3) is 0 Å². The lowest BCUT2D eigenvalue weighted by atomic mass is 9.89. The van der Waals surface area contributed by atoms with Crippen LogP contribution in [0, 0.1) is 3.57 Å². The van der Waals surface area contributed by atoms with Gasteiger partial charge >= 0.3 is 5.97 Å². The maximum atomic E-state index is 11.0. The van der Waals surface area contributed by atoms with Crippen molar-refractivity contribution in [2.45, 2.75) is 32.3 Å². The Hall–Kier alpha value is -0.580. The lowest BCUT2D eigenvalue weighted by molar-refractivity contribution is -0.147. The summed E-state index contributed by atoms with van der Waals surface area (Å²) in [6.07, 6.45) is 3.13. The van der Waals surface area contributed by atoms with Gasteiger partial charge in [-0.2, -0.15) is 0 Å². The highest BCUT2D eigenvalue weighted by atomic mass is 127. The molecule has 0 aromatic heterocycles. The summed E-state index contributed by atoms with van der Waals surface area (Å²) in [7, 11) is 0. The van der Waals surface area contributed by atoms with Crippen molar-refractivity contribution in [1.29, 1.82) is 0 Å². The summed E-state index contributed by atoms with van der Waals surface area (Å²) in [6, 6.07) is 6.34. The highest BCUT2D eigenvalue weighted by molar-refractivity contribution is 14.1. The molecule has 0 saturated carbocycles. The van der Waals surface area contributed by atoms with Gasteiger partial charge in [-0.15, -0.1) is 0 Å². The van der Waals surface area contributed by atoms with Crippen molar-refractivity contribution < 1.29 is 9.53 Å². The normalized spacial score (nSPS) is 19.5. The van der Waals surface area contributed by atoms with Gasteiger partial charge < -0.3 is 4.74 Å². The lowest BCUT2D eigenvalue weighted by Crippen LogP contribution is -2.15. The van der Waals surface area contributed by atoms with Gasteiger partial charge in [0, 0.05) is 10.5 Å². The van der Waals surface area contributed by atoms with Crippen LogP contribution in [0.3, 0.4) is 0 Å². The minimum absolute atomic E-state index is 0.0248. The number of aryl methyl sites for hydroxylation is 1. The van der Waals surface area contributed by atoms with E-state index in [1.54, 1.807) is 0 Å². The zero-order chi connectivity index (χ0) is 10.8. The number of rotatable bonds is 1. The van der Waals surface area contributed by atoms with E-state index in [1.165, 1.54) is 21.6 Å². The third kappa shape index (κ3) is 2.51. The van der Waals surface area contributed by atoms with Gasteiger partial charge in [0.15, 0.2) is 0 Å². The average Bonchev–Trinajstić information content (AvgIpc) is 2.16. The molecule has 2 nitrogen and oxygen atoms in total. The summed E-state index contributed by atoms with van der Waals surface area (Å²) in [5.41, 5.74) is 2.52. The van der Waals surface area contributed by atoms with Crippen molar-refractivity contribution in [1.82, 2.24) is 0 Å². The molecule has 0 N–H and O–H groups in total. The predicted molar refractivity (Wildman–Crippen MR) is 66.6 cm³/mol. The van der Waals surface area contributed by atoms with Gasteiger partial charge in [-0.3, -0.25) is 4.79 Å². The molecule has 0 heterocycles. The molecule has 0 spiro atoms. The Morgan fingerprint density at radius 2 is 2.33 bits per heavy atom. The van der Waals surface area contributed by atoms with Crippen molar-refractivity contribution in [3.05, 3.63) is 32.9 Å². The topological polar surface area (TPSA) is 26.3 Å². The Balaban J connectivity index is 2.30. The Labute approximate surface area is 103 Å². The average molecular weight is 316 g/mol. The van der Waals surface area contributed by atoms with E-state index in [4.69, 9.17) is 4.74 Å². The second-order valence-electron chi connectivity index (χ2n) is 3.83. The predicted octanol–water partition coefficient (Wildman–Crippen LogP) is 3.23. The summed E-state index contributed by atoms with van der Waals surface area (Å²) in [5.74, 6) is -0.189. The van der Waals surface area contributed by atoms with E-state index >= 15 is 0 Å². The molecule has 80 valence electrons. The van der Waals surface area contributed by atoms with Crippen LogP contribution in [0.15, 0.2) is 18.2 Å². The number of carbonyl (C=O) groups is 1. The lowest BCUT2D eigenvalue weighted by Gasteiger charge is -2.25. The zero-order valence-corrected chi connectivity index (χ0v) is 10.8. The summed E-state index contributed by atoms with van der Waals surface area (Å²) >= 11 is 2.31. The highest BCUT2D eigenvalue weighted by Crippen LogP contribution is 2.33. The van der Waals surface area contributed by atoms with Crippen LogP contribution in [-0.2, 0) is 16.0 Å². The first kappa shape index (κ1) is 10.9. The molecule has 0 fully saturated rings. The highest BCUT2D eigenvalue weighted by Gasteiger charge is 2.22. The summed E-state index contributed by atoms with van der Waals surface area (Å²) in [6.45, 7) is 1.47. The Morgan fingerprint density at radius 1 is 1.53 bits per heavy atom. The SMILES string of the molecule is CC(=O)OC1CCCc2cc(I)ccc21. The molecule has 0 radical (unpaired) electrons. The molecular formula is C12H13IO2. The van der Waals surface area contributed by atoms with Crippen molar-refractivity contribution in [2.24, 2.45) is 0 Å². The number of esters is 1. The molecule has 0 amide bonds. The first-order valence-corrected chi connectivity index (χ1v) is 6.20. The molecule has 2 rings (SSSR count). The number of benzene rings is 1. The molecule has 1 aromatic carbocycles. The smallest absolute Gasteiger partial charge is 0.303 e. The van der Waals surface area contributed by atoms with Gasteiger partial charge in [0.2, 0.25) is 0 Å². The maximum Gasteiger partial charge on any atom is 0.303 e. The molecule has 0 bridgehead atoms. The van der Waals surface area contributed by atoms with Crippen LogP contribution in [-0.4, -0.2) is 5.97 Å². The standard InChI is InChI=1S/C12H13IO2/c1-8(14)15-12-4-2-3-9-7-10(13)5-6-11(9)12/h5-7,12H,2-4H2,1H3. The fourth-order valence-electron chi connectivity index (χ4n) is 2.06. The summed E-state index contributed by atoms with van der Waals surface area (Å²) in [5, 5.41) is 0. The third-order valence-electron chi connectivity index (χ3n) is 2.67. The van der Waals surface area contributed by atoms with Crippen LogP contribution in [0.2, 0.25) is 0 Å². The van der Waals surface area contributed by atoms with E-state index in [0.717, 1.165) is 19.3 Å². The Morgan fingerprint density at radius 3 is 3.07 bits per heavy atom. The van der Waals surface area contributed by atoms with Gasteiger partial charge in [0.1, 0.15) is 6.10 Å². The molecule has 0 aliphatic heterocycles. The van der Waals surface area contributed by atoms with Gasteiger partial charge in [-0.25, -0.2) is 0 Å². The molecule has 1 aromatic rings. The minimum atomic E-state index is -0.189. The number of ether oxygens (including phenoxy) is 1. The number of hydrogen-bond donors (Lipinski definition) is 0. The molecule has 1 unspecified atom stereocenters. The molecular weight excluding hydrogens is 303 g/mol. The van der Waals surface area contributed by atoms with E-state index in [-0.39, 0.29) is 12.1 Å². The van der Waals surface area contributed by atoms with Gasteiger partial charge in [-0.1, -0.05) is 6.07 Å². The number of carbonyl (C=O) groups excluding carboxylic acids is 1. The fourth-order valence-corrected chi connectivity index (χ4v) is 2.62. The first-order valence-electron chi connectivity index (χ1n) is 5.12. The number of hydrogen-bond acceptors (Lipinski definition) is 2. The van der Waals surface area contributed by atoms with Crippen molar-refractivity contribution >= 4 is 28.6 Å². The molecule has 1 aliphatic rings. The van der Waals surface area contributed by atoms with Crippen LogP contribution in [0.5, 0.6) is 0 Å². The van der Waals surface area contributed by atoms with Crippen LogP contribution >= 0.6 is 22.6 Å². The van der Waals surface area contributed by atoms with E-state index < -0.39 is 0 Å². The van der Waals surface area contributed by atoms with E-state index in [2.05, 4.69) is 40.8 Å².